The van der Waals surface area contributed by atoms with E-state index in [1.807, 2.05) is 24.3 Å². The van der Waals surface area contributed by atoms with Crippen LogP contribution in [0.3, 0.4) is 0 Å². The second-order valence-corrected chi connectivity index (χ2v) is 6.23. The van der Waals surface area contributed by atoms with Crippen LogP contribution in [0, 0.1) is 3.57 Å². The lowest BCUT2D eigenvalue weighted by molar-refractivity contribution is -0.119. The van der Waals surface area contributed by atoms with Crippen molar-refractivity contribution < 1.29 is 4.79 Å². The van der Waals surface area contributed by atoms with Crippen LogP contribution < -0.4 is 10.7 Å². The molecule has 2 rings (SSSR count). The van der Waals surface area contributed by atoms with Gasteiger partial charge in [0.1, 0.15) is 0 Å². The number of benzene rings is 1. The van der Waals surface area contributed by atoms with Gasteiger partial charge in [-0.15, -0.1) is 0 Å². The average molecular weight is 449 g/mol. The van der Waals surface area contributed by atoms with Crippen molar-refractivity contribution in [2.24, 2.45) is 5.10 Å². The van der Waals surface area contributed by atoms with Crippen LogP contribution >= 0.6 is 45.8 Å². The molecule has 8 heteroatoms. The number of halogens is 3. The number of amides is 1. The summed E-state index contributed by atoms with van der Waals surface area (Å²) in [5.41, 5.74) is 3.77. The number of carbonyl (C=O) groups excluding carboxylic acids is 1. The molecular formula is C14H11Cl2IN4O. The molecular weight excluding hydrogens is 438 g/mol. The fraction of sp³-hybridized carbons (Fsp3) is 0.0714. The Kier molecular flexibility index (Phi) is 6.41. The van der Waals surface area contributed by atoms with Crippen LogP contribution in [-0.4, -0.2) is 23.7 Å². The number of hydrazone groups is 1. The van der Waals surface area contributed by atoms with E-state index in [4.69, 9.17) is 23.2 Å². The minimum absolute atomic E-state index is 0.106. The highest BCUT2D eigenvalue weighted by atomic mass is 127. The first kappa shape index (κ1) is 17.0. The average Bonchev–Trinajstić information content (AvgIpc) is 2.48. The zero-order valence-electron chi connectivity index (χ0n) is 11.2. The molecule has 0 bridgehead atoms. The molecule has 0 fully saturated rings. The SMILES string of the molecule is O=C(CNc1cccc(I)c1)N/N=C/c1c(Cl)cncc1Cl. The predicted molar refractivity (Wildman–Crippen MR) is 97.6 cm³/mol. The van der Waals surface area contributed by atoms with Gasteiger partial charge in [-0.25, -0.2) is 5.43 Å². The van der Waals surface area contributed by atoms with E-state index in [9.17, 15) is 4.79 Å². The Morgan fingerprint density at radius 3 is 2.73 bits per heavy atom. The van der Waals surface area contributed by atoms with Gasteiger partial charge in [0.25, 0.3) is 5.91 Å². The van der Waals surface area contributed by atoms with Gasteiger partial charge in [-0.05, 0) is 40.8 Å². The van der Waals surface area contributed by atoms with Crippen LogP contribution in [0.5, 0.6) is 0 Å². The normalized spacial score (nSPS) is 10.7. The standard InChI is InChI=1S/C14H11Cl2IN4O/c15-12-6-18-7-13(16)11(12)5-20-21-14(22)8-19-10-3-1-2-9(17)4-10/h1-7,19H,8H2,(H,21,22)/b20-5+. The lowest BCUT2D eigenvalue weighted by Gasteiger charge is -2.05. The van der Waals surface area contributed by atoms with E-state index < -0.39 is 0 Å². The lowest BCUT2D eigenvalue weighted by Crippen LogP contribution is -2.25. The summed E-state index contributed by atoms with van der Waals surface area (Å²) in [6, 6.07) is 7.70. The molecule has 0 radical (unpaired) electrons. The van der Waals surface area contributed by atoms with Gasteiger partial charge in [-0.2, -0.15) is 5.10 Å². The van der Waals surface area contributed by atoms with E-state index in [0.717, 1.165) is 9.26 Å². The molecule has 2 aromatic rings. The molecule has 1 heterocycles. The highest BCUT2D eigenvalue weighted by Crippen LogP contribution is 2.20. The number of hydrogen-bond donors (Lipinski definition) is 2. The second-order valence-electron chi connectivity index (χ2n) is 4.17. The van der Waals surface area contributed by atoms with Gasteiger partial charge in [0.15, 0.2) is 0 Å². The fourth-order valence-electron chi connectivity index (χ4n) is 1.53. The molecule has 1 aromatic carbocycles. The summed E-state index contributed by atoms with van der Waals surface area (Å²) in [6.45, 7) is 0.106. The van der Waals surface area contributed by atoms with E-state index in [1.54, 1.807) is 0 Å². The van der Waals surface area contributed by atoms with Crippen LogP contribution in [-0.2, 0) is 4.79 Å². The van der Waals surface area contributed by atoms with Gasteiger partial charge in [-0.1, -0.05) is 29.3 Å². The molecule has 5 nitrogen and oxygen atoms in total. The van der Waals surface area contributed by atoms with Gasteiger partial charge in [-0.3, -0.25) is 9.78 Å². The van der Waals surface area contributed by atoms with Crippen molar-refractivity contribution in [2.45, 2.75) is 0 Å². The van der Waals surface area contributed by atoms with Gasteiger partial charge in [0.05, 0.1) is 22.8 Å². The molecule has 0 aliphatic rings. The van der Waals surface area contributed by atoms with Crippen molar-refractivity contribution in [3.8, 4) is 0 Å². The van der Waals surface area contributed by atoms with E-state index in [1.165, 1.54) is 18.6 Å². The molecule has 0 spiro atoms. The summed E-state index contributed by atoms with van der Waals surface area (Å²) < 4.78 is 1.09. The van der Waals surface area contributed by atoms with Gasteiger partial charge in [0, 0.05) is 27.2 Å². The summed E-state index contributed by atoms with van der Waals surface area (Å²) in [5, 5.41) is 7.56. The first-order valence-electron chi connectivity index (χ1n) is 6.16. The highest BCUT2D eigenvalue weighted by Gasteiger charge is 2.04. The van der Waals surface area contributed by atoms with E-state index in [2.05, 4.69) is 43.4 Å². The van der Waals surface area contributed by atoms with Crippen LogP contribution in [0.1, 0.15) is 5.56 Å². The number of carbonyl (C=O) groups is 1. The summed E-state index contributed by atoms with van der Waals surface area (Å²) in [5.74, 6) is -0.281. The number of rotatable bonds is 5. The first-order chi connectivity index (χ1) is 10.6. The van der Waals surface area contributed by atoms with Crippen molar-refractivity contribution in [1.29, 1.82) is 0 Å². The molecule has 1 amide bonds. The molecule has 114 valence electrons. The van der Waals surface area contributed by atoms with Gasteiger partial charge >= 0.3 is 0 Å². The Morgan fingerprint density at radius 1 is 1.32 bits per heavy atom. The van der Waals surface area contributed by atoms with Crippen LogP contribution in [0.4, 0.5) is 5.69 Å². The fourth-order valence-corrected chi connectivity index (χ4v) is 2.54. The van der Waals surface area contributed by atoms with Crippen molar-refractivity contribution in [2.75, 3.05) is 11.9 Å². The Bertz CT molecular complexity index is 689. The first-order valence-corrected chi connectivity index (χ1v) is 8.00. The molecule has 0 atom stereocenters. The summed E-state index contributed by atoms with van der Waals surface area (Å²) in [7, 11) is 0. The lowest BCUT2D eigenvalue weighted by atomic mass is 10.3. The molecule has 0 saturated heterocycles. The maximum absolute atomic E-state index is 11.7. The zero-order valence-corrected chi connectivity index (χ0v) is 14.9. The predicted octanol–water partition coefficient (Wildman–Crippen LogP) is 3.56. The Morgan fingerprint density at radius 2 is 2.05 bits per heavy atom. The van der Waals surface area contributed by atoms with Crippen molar-refractivity contribution in [3.05, 3.63) is 55.8 Å². The van der Waals surface area contributed by atoms with Crippen molar-refractivity contribution in [3.63, 3.8) is 0 Å². The third-order valence-corrected chi connectivity index (χ3v) is 3.82. The third kappa shape index (κ3) is 5.11. The number of aromatic nitrogens is 1. The van der Waals surface area contributed by atoms with Crippen LogP contribution in [0.2, 0.25) is 10.0 Å². The summed E-state index contributed by atoms with van der Waals surface area (Å²) >= 11 is 14.1. The maximum Gasteiger partial charge on any atom is 0.259 e. The molecule has 0 saturated carbocycles. The number of pyridine rings is 1. The van der Waals surface area contributed by atoms with Crippen LogP contribution in [0.25, 0.3) is 0 Å². The molecule has 0 unspecified atom stereocenters. The number of nitrogens with one attached hydrogen (secondary N) is 2. The van der Waals surface area contributed by atoms with Gasteiger partial charge < -0.3 is 5.32 Å². The monoisotopic (exact) mass is 448 g/mol. The molecule has 0 aliphatic carbocycles. The number of hydrogen-bond acceptors (Lipinski definition) is 4. The Hall–Kier alpha value is -1.38. The zero-order chi connectivity index (χ0) is 15.9. The topological polar surface area (TPSA) is 66.4 Å². The van der Waals surface area contributed by atoms with Gasteiger partial charge in [0.2, 0.25) is 0 Å². The molecule has 1 aromatic heterocycles. The Balaban J connectivity index is 1.86. The minimum atomic E-state index is -0.281. The smallest absolute Gasteiger partial charge is 0.259 e. The Labute approximate surface area is 151 Å². The highest BCUT2D eigenvalue weighted by molar-refractivity contribution is 14.1. The van der Waals surface area contributed by atoms with E-state index in [-0.39, 0.29) is 12.5 Å². The molecule has 0 aliphatic heterocycles. The summed E-state index contributed by atoms with van der Waals surface area (Å²) in [4.78, 5) is 15.5. The van der Waals surface area contributed by atoms with Crippen molar-refractivity contribution in [1.82, 2.24) is 10.4 Å². The quantitative estimate of drug-likeness (QED) is 0.417. The minimum Gasteiger partial charge on any atom is -0.376 e. The molecule has 22 heavy (non-hydrogen) atoms. The van der Waals surface area contributed by atoms with E-state index >= 15 is 0 Å². The maximum atomic E-state index is 11.7. The largest absolute Gasteiger partial charge is 0.376 e. The molecule has 2 N–H and O–H groups in total. The number of anilines is 1. The second kappa shape index (κ2) is 8.30. The summed E-state index contributed by atoms with van der Waals surface area (Å²) in [6.07, 6.45) is 4.29. The number of nitrogens with zero attached hydrogens (tertiary/aromatic N) is 2. The third-order valence-electron chi connectivity index (χ3n) is 2.55. The van der Waals surface area contributed by atoms with Crippen molar-refractivity contribution >= 4 is 63.6 Å². The van der Waals surface area contributed by atoms with E-state index in [0.29, 0.717) is 15.6 Å². The van der Waals surface area contributed by atoms with Crippen LogP contribution in [0.15, 0.2) is 41.8 Å².